The normalized spacial score (nSPS) is 12.9. The molecule has 6 rings (SSSR count). The fourth-order valence-corrected chi connectivity index (χ4v) is 5.43. The van der Waals surface area contributed by atoms with Crippen molar-refractivity contribution in [2.24, 2.45) is 5.10 Å². The second kappa shape index (κ2) is 10.8. The summed E-state index contributed by atoms with van der Waals surface area (Å²) in [7, 11) is 0. The number of halogens is 1. The minimum absolute atomic E-state index is 0.201. The Bertz CT molecular complexity index is 1900. The minimum Gasteiger partial charge on any atom is -0.489 e. The van der Waals surface area contributed by atoms with Crippen molar-refractivity contribution >= 4 is 33.0 Å². The van der Waals surface area contributed by atoms with Crippen molar-refractivity contribution in [2.45, 2.75) is 46.6 Å². The molecule has 0 saturated carbocycles. The van der Waals surface area contributed by atoms with Crippen LogP contribution in [-0.2, 0) is 12.0 Å². The van der Waals surface area contributed by atoms with Gasteiger partial charge in [-0.15, -0.1) is 0 Å². The first-order valence-corrected chi connectivity index (χ1v) is 14.5. The molecule has 3 heterocycles. The van der Waals surface area contributed by atoms with E-state index in [4.69, 9.17) is 19.2 Å². The highest BCUT2D eigenvalue weighted by Crippen LogP contribution is 2.33. The zero-order valence-electron chi connectivity index (χ0n) is 24.1. The molecule has 0 amide bonds. The molecule has 0 saturated heterocycles. The first-order valence-electron chi connectivity index (χ1n) is 13.7. The average Bonchev–Trinajstić information content (AvgIpc) is 3.54. The number of aromatic nitrogens is 3. The topological polar surface area (TPSA) is 79.9 Å². The number of hydrogen-bond acceptors (Lipinski definition) is 6. The Kier molecular flexibility index (Phi) is 7.14. The van der Waals surface area contributed by atoms with Crippen molar-refractivity contribution in [3.63, 3.8) is 0 Å². The third-order valence-electron chi connectivity index (χ3n) is 7.20. The molecule has 214 valence electrons. The first-order chi connectivity index (χ1) is 20.1. The van der Waals surface area contributed by atoms with Gasteiger partial charge in [-0.2, -0.15) is 9.78 Å². The van der Waals surface area contributed by atoms with Crippen molar-refractivity contribution < 1.29 is 14.2 Å². The molecule has 0 atom stereocenters. The summed E-state index contributed by atoms with van der Waals surface area (Å²) in [4.78, 5) is 18.3. The molecule has 1 aliphatic heterocycles. The average molecular weight is 628 g/mol. The van der Waals surface area contributed by atoms with Gasteiger partial charge in [0.2, 0.25) is 6.79 Å². The van der Waals surface area contributed by atoms with E-state index in [-0.39, 0.29) is 17.8 Å². The van der Waals surface area contributed by atoms with Gasteiger partial charge in [-0.25, -0.2) is 4.98 Å². The molecule has 1 aliphatic rings. The lowest BCUT2D eigenvalue weighted by Crippen LogP contribution is -2.29. The molecule has 0 fully saturated rings. The summed E-state index contributed by atoms with van der Waals surface area (Å²) in [6.07, 6.45) is 1.74. The van der Waals surface area contributed by atoms with Gasteiger partial charge in [0.05, 0.1) is 17.1 Å². The SMILES string of the molecule is Cc1cc(C=Nn2c(C(C)(C)C)nc3ccc(Br)cc3c2=O)c(C)n1-c1ccc(OCc2ccc3c(c2)OCO3)cc1. The predicted molar refractivity (Wildman–Crippen MR) is 168 cm³/mol. The van der Waals surface area contributed by atoms with Gasteiger partial charge in [0.15, 0.2) is 11.5 Å². The summed E-state index contributed by atoms with van der Waals surface area (Å²) in [6.45, 7) is 10.9. The first kappa shape index (κ1) is 27.8. The standard InChI is InChI=1S/C33H31BrN4O4/c1-20-14-23(17-35-38-31(39)27-16-24(34)7-12-28(27)36-32(38)33(3,4)5)21(2)37(20)25-8-10-26(11-9-25)40-18-22-6-13-29-30(15-22)42-19-41-29/h6-17H,18-19H2,1-5H3. The largest absolute Gasteiger partial charge is 0.489 e. The molecule has 0 bridgehead atoms. The molecule has 2 aromatic heterocycles. The molecule has 0 aliphatic carbocycles. The Morgan fingerprint density at radius 3 is 2.52 bits per heavy atom. The lowest BCUT2D eigenvalue weighted by atomic mass is 9.95. The number of aryl methyl sites for hydroxylation is 1. The summed E-state index contributed by atoms with van der Waals surface area (Å²) < 4.78 is 21.3. The number of rotatable bonds is 6. The number of nitrogens with zero attached hydrogens (tertiary/aromatic N) is 4. The molecule has 3 aromatic carbocycles. The van der Waals surface area contributed by atoms with Crippen molar-refractivity contribution in [1.29, 1.82) is 0 Å². The lowest BCUT2D eigenvalue weighted by molar-refractivity contribution is 0.174. The lowest BCUT2D eigenvalue weighted by Gasteiger charge is -2.20. The second-order valence-electron chi connectivity index (χ2n) is 11.3. The van der Waals surface area contributed by atoms with Gasteiger partial charge in [-0.05, 0) is 80.1 Å². The maximum absolute atomic E-state index is 13.5. The Hall–Kier alpha value is -4.37. The summed E-state index contributed by atoms with van der Waals surface area (Å²) in [6, 6.07) is 21.4. The molecular weight excluding hydrogens is 596 g/mol. The second-order valence-corrected chi connectivity index (χ2v) is 12.3. The highest BCUT2D eigenvalue weighted by Gasteiger charge is 2.23. The third kappa shape index (κ3) is 5.32. The van der Waals surface area contributed by atoms with Crippen LogP contribution in [0, 0.1) is 13.8 Å². The van der Waals surface area contributed by atoms with Crippen molar-refractivity contribution in [2.75, 3.05) is 6.79 Å². The van der Waals surface area contributed by atoms with Gasteiger partial charge in [0.25, 0.3) is 5.56 Å². The summed E-state index contributed by atoms with van der Waals surface area (Å²) in [5.74, 6) is 2.87. The van der Waals surface area contributed by atoms with Crippen molar-refractivity contribution in [1.82, 2.24) is 14.2 Å². The van der Waals surface area contributed by atoms with E-state index >= 15 is 0 Å². The van der Waals surface area contributed by atoms with Gasteiger partial charge in [0.1, 0.15) is 18.2 Å². The Morgan fingerprint density at radius 2 is 1.76 bits per heavy atom. The van der Waals surface area contributed by atoms with Crippen molar-refractivity contribution in [3.05, 3.63) is 110 Å². The molecule has 0 unspecified atom stereocenters. The van der Waals surface area contributed by atoms with Crippen LogP contribution in [0.15, 0.2) is 81.1 Å². The third-order valence-corrected chi connectivity index (χ3v) is 7.69. The van der Waals surface area contributed by atoms with E-state index in [2.05, 4.69) is 38.6 Å². The van der Waals surface area contributed by atoms with E-state index in [1.54, 1.807) is 12.3 Å². The van der Waals surface area contributed by atoms with Crippen LogP contribution < -0.4 is 19.8 Å². The Morgan fingerprint density at radius 1 is 1.00 bits per heavy atom. The van der Waals surface area contributed by atoms with Gasteiger partial charge in [-0.3, -0.25) is 4.79 Å². The van der Waals surface area contributed by atoms with Crippen LogP contribution in [0.25, 0.3) is 16.6 Å². The van der Waals surface area contributed by atoms with E-state index in [9.17, 15) is 4.79 Å². The number of benzene rings is 3. The van der Waals surface area contributed by atoms with Gasteiger partial charge in [-0.1, -0.05) is 42.8 Å². The van der Waals surface area contributed by atoms with E-state index in [0.717, 1.165) is 49.9 Å². The zero-order valence-corrected chi connectivity index (χ0v) is 25.7. The zero-order chi connectivity index (χ0) is 29.6. The summed E-state index contributed by atoms with van der Waals surface area (Å²) in [5.41, 5.74) is 5.04. The smallest absolute Gasteiger partial charge is 0.282 e. The van der Waals surface area contributed by atoms with Crippen molar-refractivity contribution in [3.8, 4) is 22.9 Å². The fourth-order valence-electron chi connectivity index (χ4n) is 5.07. The maximum atomic E-state index is 13.5. The van der Waals surface area contributed by atoms with Gasteiger partial charge < -0.3 is 18.8 Å². The molecule has 5 aromatic rings. The highest BCUT2D eigenvalue weighted by atomic mass is 79.9. The van der Waals surface area contributed by atoms with E-state index < -0.39 is 0 Å². The Balaban J connectivity index is 1.26. The number of hydrogen-bond donors (Lipinski definition) is 0. The molecule has 8 nitrogen and oxygen atoms in total. The van der Waals surface area contributed by atoms with E-state index in [1.165, 1.54) is 4.68 Å². The van der Waals surface area contributed by atoms with Gasteiger partial charge in [0, 0.05) is 32.5 Å². The van der Waals surface area contributed by atoms with Crippen LogP contribution in [0.2, 0.25) is 0 Å². The van der Waals surface area contributed by atoms with Crippen LogP contribution in [0.3, 0.4) is 0 Å². The number of ether oxygens (including phenoxy) is 3. The quantitative estimate of drug-likeness (QED) is 0.189. The predicted octanol–water partition coefficient (Wildman–Crippen LogP) is 7.05. The highest BCUT2D eigenvalue weighted by molar-refractivity contribution is 9.10. The minimum atomic E-state index is -0.388. The molecule has 0 N–H and O–H groups in total. The molecule has 9 heteroatoms. The molecule has 0 radical (unpaired) electrons. The molecular formula is C33H31BrN4O4. The number of fused-ring (bicyclic) bond motifs is 2. The fraction of sp³-hybridized carbons (Fsp3) is 0.242. The summed E-state index contributed by atoms with van der Waals surface area (Å²) in [5, 5.41) is 5.19. The van der Waals surface area contributed by atoms with Gasteiger partial charge >= 0.3 is 0 Å². The Labute approximate surface area is 252 Å². The summed E-state index contributed by atoms with van der Waals surface area (Å²) >= 11 is 3.47. The van der Waals surface area contributed by atoms with Crippen LogP contribution in [-0.4, -0.2) is 27.2 Å². The molecule has 0 spiro atoms. The van der Waals surface area contributed by atoms with Crippen LogP contribution in [0.4, 0.5) is 0 Å². The maximum Gasteiger partial charge on any atom is 0.282 e. The van der Waals surface area contributed by atoms with Crippen LogP contribution in [0.5, 0.6) is 17.2 Å². The van der Waals surface area contributed by atoms with E-state index in [1.807, 2.05) is 82.3 Å². The molecule has 42 heavy (non-hydrogen) atoms. The monoisotopic (exact) mass is 626 g/mol. The van der Waals surface area contributed by atoms with Crippen LogP contribution >= 0.6 is 15.9 Å². The van der Waals surface area contributed by atoms with E-state index in [0.29, 0.717) is 23.3 Å². The van der Waals surface area contributed by atoms with Crippen LogP contribution in [0.1, 0.15) is 49.1 Å².